The first-order valence-electron chi connectivity index (χ1n) is 6.89. The second kappa shape index (κ2) is 6.53. The highest BCUT2D eigenvalue weighted by Gasteiger charge is 2.21. The number of halogens is 2. The van der Waals surface area contributed by atoms with Crippen molar-refractivity contribution in [2.45, 2.75) is 45.1 Å². The van der Waals surface area contributed by atoms with Gasteiger partial charge in [-0.05, 0) is 36.6 Å². The zero-order valence-electron chi connectivity index (χ0n) is 10.9. The van der Waals surface area contributed by atoms with E-state index < -0.39 is 0 Å². The molecule has 1 saturated carbocycles. The molecule has 0 heterocycles. The fourth-order valence-corrected chi connectivity index (χ4v) is 3.08. The molecule has 3 heteroatoms. The maximum Gasteiger partial charge on any atom is 0.141 e. The van der Waals surface area contributed by atoms with Crippen LogP contribution in [-0.4, -0.2) is 6.54 Å². The van der Waals surface area contributed by atoms with E-state index >= 15 is 0 Å². The van der Waals surface area contributed by atoms with Gasteiger partial charge in [-0.15, -0.1) is 0 Å². The molecule has 0 amide bonds. The van der Waals surface area contributed by atoms with Crippen LogP contribution in [0.5, 0.6) is 0 Å². The first-order chi connectivity index (χ1) is 8.70. The van der Waals surface area contributed by atoms with Crippen LogP contribution in [0.1, 0.15) is 50.6 Å². The van der Waals surface area contributed by atoms with Crippen LogP contribution >= 0.6 is 11.6 Å². The van der Waals surface area contributed by atoms with E-state index in [2.05, 4.69) is 12.2 Å². The molecule has 1 N–H and O–H groups in total. The highest BCUT2D eigenvalue weighted by molar-refractivity contribution is 6.30. The molecule has 100 valence electrons. The predicted molar refractivity (Wildman–Crippen MR) is 74.4 cm³/mol. The van der Waals surface area contributed by atoms with Gasteiger partial charge in [-0.25, -0.2) is 4.39 Å². The van der Waals surface area contributed by atoms with E-state index in [9.17, 15) is 4.39 Å². The van der Waals surface area contributed by atoms with E-state index in [1.54, 1.807) is 6.07 Å². The number of hydrogen-bond donors (Lipinski definition) is 1. The molecule has 0 saturated heterocycles. The molecule has 2 rings (SSSR count). The standard InChI is InChI=1S/C15H21ClFN/c1-2-18-15(9-11-5-3-4-6-11)12-7-8-14(17)13(16)10-12/h7-8,10-11,15,18H,2-6,9H2,1H3. The van der Waals surface area contributed by atoms with Crippen LogP contribution in [0, 0.1) is 11.7 Å². The fraction of sp³-hybridized carbons (Fsp3) is 0.600. The van der Waals surface area contributed by atoms with Crippen molar-refractivity contribution in [1.82, 2.24) is 5.32 Å². The van der Waals surface area contributed by atoms with Gasteiger partial charge in [-0.1, -0.05) is 50.3 Å². The van der Waals surface area contributed by atoms with E-state index in [0.717, 1.165) is 24.4 Å². The average Bonchev–Trinajstić information content (AvgIpc) is 2.85. The van der Waals surface area contributed by atoms with Crippen molar-refractivity contribution < 1.29 is 4.39 Å². The smallest absolute Gasteiger partial charge is 0.141 e. The summed E-state index contributed by atoms with van der Waals surface area (Å²) < 4.78 is 13.2. The summed E-state index contributed by atoms with van der Waals surface area (Å²) in [5, 5.41) is 3.72. The van der Waals surface area contributed by atoms with E-state index in [0.29, 0.717) is 6.04 Å². The molecule has 0 aromatic heterocycles. The molecule has 0 spiro atoms. The largest absolute Gasteiger partial charge is 0.310 e. The van der Waals surface area contributed by atoms with Gasteiger partial charge >= 0.3 is 0 Å². The molecular formula is C15H21ClFN. The molecule has 1 aromatic rings. The molecule has 1 nitrogen and oxygen atoms in total. The number of hydrogen-bond acceptors (Lipinski definition) is 1. The zero-order valence-corrected chi connectivity index (χ0v) is 11.6. The van der Waals surface area contributed by atoms with Crippen molar-refractivity contribution in [3.63, 3.8) is 0 Å². The maximum atomic E-state index is 13.2. The second-order valence-electron chi connectivity index (χ2n) is 5.17. The quantitative estimate of drug-likeness (QED) is 0.816. The van der Waals surface area contributed by atoms with Crippen molar-refractivity contribution in [2.24, 2.45) is 5.92 Å². The highest BCUT2D eigenvalue weighted by atomic mass is 35.5. The summed E-state index contributed by atoms with van der Waals surface area (Å²) in [4.78, 5) is 0. The predicted octanol–water partition coefficient (Wildman–Crippen LogP) is 4.71. The normalized spacial score (nSPS) is 18.2. The molecule has 1 fully saturated rings. The summed E-state index contributed by atoms with van der Waals surface area (Å²) in [5.74, 6) is 0.467. The molecule has 1 unspecified atom stereocenters. The summed E-state index contributed by atoms with van der Waals surface area (Å²) >= 11 is 5.87. The van der Waals surface area contributed by atoms with Gasteiger partial charge in [0.2, 0.25) is 0 Å². The first kappa shape index (κ1) is 13.8. The van der Waals surface area contributed by atoms with Gasteiger partial charge in [0.05, 0.1) is 5.02 Å². The molecule has 0 bridgehead atoms. The lowest BCUT2D eigenvalue weighted by molar-refractivity contribution is 0.400. The zero-order chi connectivity index (χ0) is 13.0. The van der Waals surface area contributed by atoms with Gasteiger partial charge in [0.15, 0.2) is 0 Å². The van der Waals surface area contributed by atoms with Gasteiger partial charge in [0.25, 0.3) is 0 Å². The number of benzene rings is 1. The molecule has 18 heavy (non-hydrogen) atoms. The number of rotatable bonds is 5. The third kappa shape index (κ3) is 3.46. The lowest BCUT2D eigenvalue weighted by atomic mass is 9.93. The van der Waals surface area contributed by atoms with Gasteiger partial charge in [-0.3, -0.25) is 0 Å². The van der Waals surface area contributed by atoms with E-state index in [4.69, 9.17) is 11.6 Å². The molecule has 1 atom stereocenters. The van der Waals surface area contributed by atoms with Crippen molar-refractivity contribution in [2.75, 3.05) is 6.54 Å². The van der Waals surface area contributed by atoms with Crippen LogP contribution in [0.4, 0.5) is 4.39 Å². The summed E-state index contributed by atoms with van der Waals surface area (Å²) in [6.45, 7) is 3.03. The van der Waals surface area contributed by atoms with E-state index in [1.165, 1.54) is 31.7 Å². The topological polar surface area (TPSA) is 12.0 Å². The third-order valence-electron chi connectivity index (χ3n) is 3.84. The first-order valence-corrected chi connectivity index (χ1v) is 7.26. The van der Waals surface area contributed by atoms with Crippen molar-refractivity contribution in [3.05, 3.63) is 34.6 Å². The Balaban J connectivity index is 2.09. The minimum atomic E-state index is -0.337. The van der Waals surface area contributed by atoms with Crippen molar-refractivity contribution >= 4 is 11.6 Å². The molecule has 0 aliphatic heterocycles. The average molecular weight is 270 g/mol. The Hall–Kier alpha value is -0.600. The Morgan fingerprint density at radius 2 is 2.11 bits per heavy atom. The van der Waals surface area contributed by atoms with Crippen molar-refractivity contribution in [3.8, 4) is 0 Å². The molecule has 0 radical (unpaired) electrons. The minimum Gasteiger partial charge on any atom is -0.310 e. The Morgan fingerprint density at radius 1 is 1.39 bits per heavy atom. The summed E-state index contributed by atoms with van der Waals surface area (Å²) in [5.41, 5.74) is 1.11. The summed E-state index contributed by atoms with van der Waals surface area (Å²) in [6, 6.07) is 5.38. The van der Waals surface area contributed by atoms with Gasteiger partial charge in [-0.2, -0.15) is 0 Å². The Bertz CT molecular complexity index is 388. The van der Waals surface area contributed by atoms with Crippen LogP contribution in [-0.2, 0) is 0 Å². The maximum absolute atomic E-state index is 13.2. The van der Waals surface area contributed by atoms with Gasteiger partial charge in [0, 0.05) is 6.04 Å². The van der Waals surface area contributed by atoms with E-state index in [1.807, 2.05) is 6.07 Å². The van der Waals surface area contributed by atoms with Gasteiger partial charge in [0.1, 0.15) is 5.82 Å². The number of nitrogens with one attached hydrogen (secondary N) is 1. The van der Waals surface area contributed by atoms with Crippen LogP contribution in [0.3, 0.4) is 0 Å². The van der Waals surface area contributed by atoms with Gasteiger partial charge < -0.3 is 5.32 Å². The SMILES string of the molecule is CCNC(CC1CCCC1)c1ccc(F)c(Cl)c1. The molecule has 1 aliphatic rings. The van der Waals surface area contributed by atoms with Crippen molar-refractivity contribution in [1.29, 1.82) is 0 Å². The third-order valence-corrected chi connectivity index (χ3v) is 4.13. The lowest BCUT2D eigenvalue weighted by Gasteiger charge is -2.22. The van der Waals surface area contributed by atoms with E-state index in [-0.39, 0.29) is 10.8 Å². The Kier molecular flexibility index (Phi) is 5.02. The fourth-order valence-electron chi connectivity index (χ4n) is 2.89. The monoisotopic (exact) mass is 269 g/mol. The summed E-state index contributed by atoms with van der Waals surface area (Å²) in [7, 11) is 0. The van der Waals surface area contributed by atoms with Crippen LogP contribution in [0.15, 0.2) is 18.2 Å². The highest BCUT2D eigenvalue weighted by Crippen LogP contribution is 2.33. The minimum absolute atomic E-state index is 0.224. The Morgan fingerprint density at radius 3 is 2.72 bits per heavy atom. The second-order valence-corrected chi connectivity index (χ2v) is 5.58. The van der Waals surface area contributed by atoms with Crippen LogP contribution < -0.4 is 5.32 Å². The molecule has 1 aromatic carbocycles. The Labute approximate surface area is 114 Å². The van der Waals surface area contributed by atoms with Crippen LogP contribution in [0.2, 0.25) is 5.02 Å². The molecule has 1 aliphatic carbocycles. The summed E-state index contributed by atoms with van der Waals surface area (Å²) in [6.07, 6.45) is 6.50. The van der Waals surface area contributed by atoms with Crippen LogP contribution in [0.25, 0.3) is 0 Å². The molecular weight excluding hydrogens is 249 g/mol. The lowest BCUT2D eigenvalue weighted by Crippen LogP contribution is -2.23.